The van der Waals surface area contributed by atoms with Gasteiger partial charge in [0.25, 0.3) is 11.2 Å². The minimum Gasteiger partial charge on any atom is -0.493 e. The van der Waals surface area contributed by atoms with E-state index in [4.69, 9.17) is 15.0 Å². The fourth-order valence-electron chi connectivity index (χ4n) is 4.01. The van der Waals surface area contributed by atoms with Crippen LogP contribution in [0.4, 0.5) is 5.69 Å². The van der Waals surface area contributed by atoms with E-state index in [9.17, 15) is 19.7 Å². The summed E-state index contributed by atoms with van der Waals surface area (Å²) in [6, 6.07) is 7.08. The maximum atomic E-state index is 13.5. The van der Waals surface area contributed by atoms with Gasteiger partial charge in [-0.25, -0.2) is 0 Å². The Morgan fingerprint density at radius 3 is 2.41 bits per heavy atom. The molecule has 0 fully saturated rings. The highest BCUT2D eigenvalue weighted by molar-refractivity contribution is 6.27. The lowest BCUT2D eigenvalue weighted by Crippen LogP contribution is -2.24. The third-order valence-corrected chi connectivity index (χ3v) is 5.42. The SMILES string of the molecule is COc1cc2c3c(n(CCCN=[N+]=[N-])c(=O)c2cc1OC)-c1ccc([N+](=O)[O-])cc1C3=O. The maximum Gasteiger partial charge on any atom is 0.270 e. The number of azide groups is 1. The molecule has 0 spiro atoms. The van der Waals surface area contributed by atoms with E-state index in [-0.39, 0.29) is 40.8 Å². The first-order valence-corrected chi connectivity index (χ1v) is 9.59. The highest BCUT2D eigenvalue weighted by Gasteiger charge is 2.34. The maximum absolute atomic E-state index is 13.5. The molecule has 0 amide bonds. The van der Waals surface area contributed by atoms with Crippen molar-refractivity contribution in [3.8, 4) is 22.8 Å². The second-order valence-corrected chi connectivity index (χ2v) is 7.06. The lowest BCUT2D eigenvalue weighted by molar-refractivity contribution is -0.384. The zero-order valence-corrected chi connectivity index (χ0v) is 17.2. The molecule has 0 N–H and O–H groups in total. The number of rotatable bonds is 7. The highest BCUT2D eigenvalue weighted by atomic mass is 16.6. The zero-order chi connectivity index (χ0) is 23.0. The average Bonchev–Trinajstić information content (AvgIpc) is 3.09. The summed E-state index contributed by atoms with van der Waals surface area (Å²) in [6.07, 6.45) is 0.367. The molecule has 0 aliphatic heterocycles. The Balaban J connectivity index is 2.06. The second kappa shape index (κ2) is 8.05. The molecule has 1 heterocycles. The van der Waals surface area contributed by atoms with Gasteiger partial charge in [-0.3, -0.25) is 19.7 Å². The van der Waals surface area contributed by atoms with Crippen molar-refractivity contribution < 1.29 is 19.2 Å². The Hall–Kier alpha value is -4.37. The van der Waals surface area contributed by atoms with Gasteiger partial charge >= 0.3 is 0 Å². The van der Waals surface area contributed by atoms with E-state index in [1.54, 1.807) is 6.07 Å². The van der Waals surface area contributed by atoms with Crippen LogP contribution in [0.3, 0.4) is 0 Å². The Kier molecular flexibility index (Phi) is 5.25. The van der Waals surface area contributed by atoms with Crippen LogP contribution < -0.4 is 15.0 Å². The molecule has 0 radical (unpaired) electrons. The number of carbonyl (C=O) groups is 1. The first-order valence-electron chi connectivity index (χ1n) is 9.59. The number of ether oxygens (including phenoxy) is 2. The molecule has 2 aromatic carbocycles. The summed E-state index contributed by atoms with van der Waals surface area (Å²) in [5.41, 5.74) is 9.18. The van der Waals surface area contributed by atoms with Gasteiger partial charge in [0, 0.05) is 46.6 Å². The standard InChI is InChI=1S/C21H17N5O6/c1-31-16-9-13-15(10-17(16)32-2)21(28)25(7-3-6-23-24-22)19-12-5-4-11(26(29)30)8-14(12)20(27)18(13)19/h4-5,8-10H,3,6-7H2,1-2H3. The number of hydrogen-bond acceptors (Lipinski definition) is 7. The molecule has 1 aliphatic rings. The monoisotopic (exact) mass is 435 g/mol. The number of pyridine rings is 1. The van der Waals surface area contributed by atoms with E-state index >= 15 is 0 Å². The van der Waals surface area contributed by atoms with Gasteiger partial charge in [0.1, 0.15) is 0 Å². The molecule has 1 aliphatic carbocycles. The number of nitro benzene ring substituents is 1. The summed E-state index contributed by atoms with van der Waals surface area (Å²) < 4.78 is 12.1. The van der Waals surface area contributed by atoms with Crippen LogP contribution in [0.1, 0.15) is 22.3 Å². The third kappa shape index (κ3) is 3.12. The van der Waals surface area contributed by atoms with E-state index in [0.717, 1.165) is 0 Å². The molecule has 0 saturated heterocycles. The van der Waals surface area contributed by atoms with Crippen molar-refractivity contribution in [3.63, 3.8) is 0 Å². The molecule has 0 saturated carbocycles. The van der Waals surface area contributed by atoms with Crippen LogP contribution >= 0.6 is 0 Å². The van der Waals surface area contributed by atoms with Crippen molar-refractivity contribution >= 4 is 22.2 Å². The van der Waals surface area contributed by atoms with E-state index in [1.807, 2.05) is 0 Å². The fourth-order valence-corrected chi connectivity index (χ4v) is 4.01. The Morgan fingerprint density at radius 2 is 1.78 bits per heavy atom. The zero-order valence-electron chi connectivity index (χ0n) is 17.2. The van der Waals surface area contributed by atoms with Gasteiger partial charge in [-0.2, -0.15) is 0 Å². The summed E-state index contributed by atoms with van der Waals surface area (Å²) in [5.74, 6) is 0.258. The predicted molar refractivity (Wildman–Crippen MR) is 115 cm³/mol. The normalized spacial score (nSPS) is 11.6. The molecule has 0 bridgehead atoms. The molecule has 32 heavy (non-hydrogen) atoms. The number of methoxy groups -OCH3 is 2. The van der Waals surface area contributed by atoms with Gasteiger partial charge in [0.2, 0.25) is 0 Å². The van der Waals surface area contributed by atoms with Crippen LogP contribution in [0.15, 0.2) is 40.2 Å². The van der Waals surface area contributed by atoms with Gasteiger partial charge in [-0.15, -0.1) is 0 Å². The topological polar surface area (TPSA) is 149 Å². The molecular formula is C21H17N5O6. The minimum atomic E-state index is -0.574. The lowest BCUT2D eigenvalue weighted by Gasteiger charge is -2.16. The predicted octanol–water partition coefficient (Wildman–Crippen LogP) is 3.84. The number of non-ortho nitro benzene ring substituents is 1. The molecule has 162 valence electrons. The molecule has 0 atom stereocenters. The van der Waals surface area contributed by atoms with Gasteiger partial charge in [-0.1, -0.05) is 5.11 Å². The molecule has 4 rings (SSSR count). The largest absolute Gasteiger partial charge is 0.493 e. The number of nitro groups is 1. The molecule has 11 heteroatoms. The number of ketones is 1. The van der Waals surface area contributed by atoms with Crippen molar-refractivity contribution in [2.75, 3.05) is 20.8 Å². The number of benzene rings is 2. The summed E-state index contributed by atoms with van der Waals surface area (Å²) >= 11 is 0. The van der Waals surface area contributed by atoms with E-state index in [0.29, 0.717) is 34.6 Å². The summed E-state index contributed by atoms with van der Waals surface area (Å²) in [7, 11) is 2.89. The molecular weight excluding hydrogens is 418 g/mol. The first kappa shape index (κ1) is 20.9. The van der Waals surface area contributed by atoms with Crippen LogP contribution in [-0.4, -0.2) is 36.0 Å². The summed E-state index contributed by atoms with van der Waals surface area (Å²) in [4.78, 5) is 40.2. The van der Waals surface area contributed by atoms with Crippen molar-refractivity contribution in [1.82, 2.24) is 4.57 Å². The number of fused-ring (bicyclic) bond motifs is 5. The van der Waals surface area contributed by atoms with Gasteiger partial charge < -0.3 is 14.0 Å². The van der Waals surface area contributed by atoms with E-state index in [2.05, 4.69) is 10.0 Å². The van der Waals surface area contributed by atoms with Gasteiger partial charge in [0.15, 0.2) is 17.3 Å². The molecule has 11 nitrogen and oxygen atoms in total. The van der Waals surface area contributed by atoms with E-state index in [1.165, 1.54) is 43.1 Å². The van der Waals surface area contributed by atoms with Crippen LogP contribution in [-0.2, 0) is 6.54 Å². The van der Waals surface area contributed by atoms with Gasteiger partial charge in [0.05, 0.1) is 35.8 Å². The van der Waals surface area contributed by atoms with Crippen molar-refractivity contribution in [2.45, 2.75) is 13.0 Å². The Bertz CT molecular complexity index is 1400. The summed E-state index contributed by atoms with van der Waals surface area (Å²) in [6.45, 7) is 0.358. The smallest absolute Gasteiger partial charge is 0.270 e. The quantitative estimate of drug-likeness (QED) is 0.107. The third-order valence-electron chi connectivity index (χ3n) is 5.42. The van der Waals surface area contributed by atoms with Crippen LogP contribution in [0.5, 0.6) is 11.5 Å². The van der Waals surface area contributed by atoms with E-state index < -0.39 is 10.7 Å². The van der Waals surface area contributed by atoms with Crippen molar-refractivity contribution in [1.29, 1.82) is 0 Å². The average molecular weight is 435 g/mol. The van der Waals surface area contributed by atoms with Crippen LogP contribution in [0, 0.1) is 10.1 Å². The summed E-state index contributed by atoms with van der Waals surface area (Å²) in [5, 5.41) is 15.4. The van der Waals surface area contributed by atoms with Crippen LogP contribution in [0.2, 0.25) is 0 Å². The number of nitrogens with zero attached hydrogens (tertiary/aromatic N) is 5. The number of aromatic nitrogens is 1. The van der Waals surface area contributed by atoms with Crippen molar-refractivity contribution in [3.05, 3.63) is 72.4 Å². The Morgan fingerprint density at radius 1 is 1.09 bits per heavy atom. The lowest BCUT2D eigenvalue weighted by atomic mass is 10.0. The van der Waals surface area contributed by atoms with Crippen LogP contribution in [0.25, 0.3) is 32.5 Å². The van der Waals surface area contributed by atoms with Crippen molar-refractivity contribution in [2.24, 2.45) is 5.11 Å². The fraction of sp³-hybridized carbons (Fsp3) is 0.238. The number of hydrogen-bond donors (Lipinski definition) is 0. The molecule has 1 aromatic heterocycles. The molecule has 3 aromatic rings. The molecule has 0 unspecified atom stereocenters. The minimum absolute atomic E-state index is 0.152. The number of carbonyl (C=O) groups excluding carboxylic acids is 1. The Labute approximate surface area is 180 Å². The first-order chi connectivity index (χ1) is 15.4. The van der Waals surface area contributed by atoms with Gasteiger partial charge in [-0.05, 0) is 30.2 Å². The highest BCUT2D eigenvalue weighted by Crippen LogP contribution is 2.43. The second-order valence-electron chi connectivity index (χ2n) is 7.06.